The minimum absolute atomic E-state index is 0.00809. The van der Waals surface area contributed by atoms with Crippen LogP contribution in [0.2, 0.25) is 0 Å². The fourth-order valence-electron chi connectivity index (χ4n) is 1.51. The van der Waals surface area contributed by atoms with Gasteiger partial charge in [0.15, 0.2) is 11.6 Å². The Morgan fingerprint density at radius 3 is 2.67 bits per heavy atom. The summed E-state index contributed by atoms with van der Waals surface area (Å²) in [6.07, 6.45) is -0.00809. The number of rotatable bonds is 4. The predicted octanol–water partition coefficient (Wildman–Crippen LogP) is 2.13. The molecule has 96 valence electrons. The molecule has 0 saturated heterocycles. The first-order valence-corrected chi connectivity index (χ1v) is 5.51. The maximum absolute atomic E-state index is 13.0. The number of carbonyl (C=O) groups excluding carboxylic acids is 1. The topological polar surface area (TPSA) is 44.1 Å². The Labute approximate surface area is 105 Å². The fraction of sp³-hybridized carbons (Fsp3) is 0.385. The lowest BCUT2D eigenvalue weighted by Gasteiger charge is -2.18. The minimum atomic E-state index is -0.964. The Bertz CT molecular complexity index is 482. The molecule has 0 N–H and O–H groups in total. The van der Waals surface area contributed by atoms with Gasteiger partial charge in [-0.05, 0) is 24.6 Å². The molecule has 0 aromatic heterocycles. The van der Waals surface area contributed by atoms with Gasteiger partial charge in [-0.3, -0.25) is 4.79 Å². The summed E-state index contributed by atoms with van der Waals surface area (Å²) in [5.41, 5.74) is 0.412. The SMILES string of the molecule is CC(C#N)CN(C)C(=O)Cc1ccc(F)c(F)c1. The van der Waals surface area contributed by atoms with Gasteiger partial charge in [-0.25, -0.2) is 8.78 Å². The van der Waals surface area contributed by atoms with Crippen LogP contribution < -0.4 is 0 Å². The van der Waals surface area contributed by atoms with E-state index in [-0.39, 0.29) is 18.2 Å². The van der Waals surface area contributed by atoms with Crippen molar-refractivity contribution in [1.82, 2.24) is 4.90 Å². The molecule has 0 aliphatic carbocycles. The largest absolute Gasteiger partial charge is 0.344 e. The lowest BCUT2D eigenvalue weighted by molar-refractivity contribution is -0.129. The third kappa shape index (κ3) is 3.81. The van der Waals surface area contributed by atoms with Crippen molar-refractivity contribution in [2.45, 2.75) is 13.3 Å². The zero-order chi connectivity index (χ0) is 13.7. The van der Waals surface area contributed by atoms with Crippen molar-refractivity contribution >= 4 is 5.91 Å². The minimum Gasteiger partial charge on any atom is -0.344 e. The smallest absolute Gasteiger partial charge is 0.226 e. The second-order valence-electron chi connectivity index (χ2n) is 4.23. The van der Waals surface area contributed by atoms with Crippen molar-refractivity contribution in [3.63, 3.8) is 0 Å². The molecule has 0 aliphatic heterocycles. The Kier molecular flexibility index (Phi) is 4.78. The summed E-state index contributed by atoms with van der Waals surface area (Å²) >= 11 is 0. The molecule has 1 atom stereocenters. The lowest BCUT2D eigenvalue weighted by Crippen LogP contribution is -2.31. The quantitative estimate of drug-likeness (QED) is 0.824. The van der Waals surface area contributed by atoms with E-state index in [1.165, 1.54) is 11.0 Å². The average molecular weight is 252 g/mol. The molecule has 0 bridgehead atoms. The Morgan fingerprint density at radius 1 is 1.44 bits per heavy atom. The second kappa shape index (κ2) is 6.10. The molecule has 1 rings (SSSR count). The van der Waals surface area contributed by atoms with E-state index in [0.29, 0.717) is 12.1 Å². The summed E-state index contributed by atoms with van der Waals surface area (Å²) in [7, 11) is 1.58. The monoisotopic (exact) mass is 252 g/mol. The third-order valence-electron chi connectivity index (χ3n) is 2.53. The molecule has 5 heteroatoms. The summed E-state index contributed by atoms with van der Waals surface area (Å²) in [6.45, 7) is 2.03. The van der Waals surface area contributed by atoms with Gasteiger partial charge in [0.25, 0.3) is 0 Å². The number of amides is 1. The van der Waals surface area contributed by atoms with Gasteiger partial charge in [-0.15, -0.1) is 0 Å². The molecule has 0 spiro atoms. The number of nitriles is 1. The number of hydrogen-bond donors (Lipinski definition) is 0. The predicted molar refractivity (Wildman–Crippen MR) is 62.5 cm³/mol. The summed E-state index contributed by atoms with van der Waals surface area (Å²) < 4.78 is 25.7. The highest BCUT2D eigenvalue weighted by Crippen LogP contribution is 2.10. The maximum Gasteiger partial charge on any atom is 0.226 e. The van der Waals surface area contributed by atoms with E-state index in [1.54, 1.807) is 14.0 Å². The van der Waals surface area contributed by atoms with E-state index in [0.717, 1.165) is 12.1 Å². The van der Waals surface area contributed by atoms with Crippen LogP contribution in [0.5, 0.6) is 0 Å². The van der Waals surface area contributed by atoms with Gasteiger partial charge in [0, 0.05) is 13.6 Å². The molecule has 1 unspecified atom stereocenters. The van der Waals surface area contributed by atoms with Crippen LogP contribution in [0, 0.1) is 28.9 Å². The first kappa shape index (κ1) is 14.1. The van der Waals surface area contributed by atoms with Crippen LogP contribution in [0.15, 0.2) is 18.2 Å². The van der Waals surface area contributed by atoms with Gasteiger partial charge in [0.2, 0.25) is 5.91 Å². The molecular weight excluding hydrogens is 238 g/mol. The normalized spacial score (nSPS) is 11.7. The molecule has 0 aliphatic rings. The summed E-state index contributed by atoms with van der Waals surface area (Å²) in [6, 6.07) is 5.41. The van der Waals surface area contributed by atoms with Crippen molar-refractivity contribution in [2.75, 3.05) is 13.6 Å². The van der Waals surface area contributed by atoms with Crippen LogP contribution in [-0.4, -0.2) is 24.4 Å². The molecule has 1 amide bonds. The summed E-state index contributed by atoms with van der Waals surface area (Å²) in [5, 5.41) is 8.64. The number of halogens is 2. The molecule has 1 aromatic rings. The van der Waals surface area contributed by atoms with E-state index < -0.39 is 11.6 Å². The molecule has 1 aromatic carbocycles. The van der Waals surface area contributed by atoms with Crippen molar-refractivity contribution < 1.29 is 13.6 Å². The number of benzene rings is 1. The van der Waals surface area contributed by atoms with Crippen molar-refractivity contribution in [3.8, 4) is 6.07 Å². The van der Waals surface area contributed by atoms with Crippen LogP contribution in [0.25, 0.3) is 0 Å². The molecule has 0 saturated carbocycles. The van der Waals surface area contributed by atoms with Gasteiger partial charge in [0.1, 0.15) is 0 Å². The van der Waals surface area contributed by atoms with Gasteiger partial charge < -0.3 is 4.90 Å². The molecular formula is C13H14F2N2O. The highest BCUT2D eigenvalue weighted by molar-refractivity contribution is 5.78. The first-order valence-electron chi connectivity index (χ1n) is 5.51. The Morgan fingerprint density at radius 2 is 2.11 bits per heavy atom. The zero-order valence-electron chi connectivity index (χ0n) is 10.3. The van der Waals surface area contributed by atoms with Gasteiger partial charge in [-0.2, -0.15) is 5.26 Å². The molecule has 0 fully saturated rings. The second-order valence-corrected chi connectivity index (χ2v) is 4.23. The van der Waals surface area contributed by atoms with Crippen molar-refractivity contribution in [1.29, 1.82) is 5.26 Å². The van der Waals surface area contributed by atoms with Crippen LogP contribution in [0.4, 0.5) is 8.78 Å². The number of carbonyl (C=O) groups is 1. The van der Waals surface area contributed by atoms with Crippen LogP contribution in [-0.2, 0) is 11.2 Å². The fourth-order valence-corrected chi connectivity index (χ4v) is 1.51. The standard InChI is InChI=1S/C13H14F2N2O/c1-9(7-16)8-17(2)13(18)6-10-3-4-11(14)12(15)5-10/h3-5,9H,6,8H2,1-2H3. The first-order chi connectivity index (χ1) is 8.43. The molecule has 18 heavy (non-hydrogen) atoms. The van der Waals surface area contributed by atoms with Crippen molar-refractivity contribution in [2.24, 2.45) is 5.92 Å². The van der Waals surface area contributed by atoms with Crippen molar-refractivity contribution in [3.05, 3.63) is 35.4 Å². The average Bonchev–Trinajstić information content (AvgIpc) is 2.33. The number of hydrogen-bond acceptors (Lipinski definition) is 2. The van der Waals surface area contributed by atoms with E-state index >= 15 is 0 Å². The van der Waals surface area contributed by atoms with E-state index in [2.05, 4.69) is 0 Å². The van der Waals surface area contributed by atoms with E-state index in [1.807, 2.05) is 6.07 Å². The summed E-state index contributed by atoms with van der Waals surface area (Å²) in [4.78, 5) is 13.2. The van der Waals surface area contributed by atoms with Gasteiger partial charge in [0.05, 0.1) is 18.4 Å². The Balaban J connectivity index is 2.64. The third-order valence-corrected chi connectivity index (χ3v) is 2.53. The molecule has 3 nitrogen and oxygen atoms in total. The van der Waals surface area contributed by atoms with E-state index in [4.69, 9.17) is 5.26 Å². The number of nitrogens with zero attached hydrogens (tertiary/aromatic N) is 2. The molecule has 0 radical (unpaired) electrons. The van der Waals surface area contributed by atoms with E-state index in [9.17, 15) is 13.6 Å². The van der Waals surface area contributed by atoms with Crippen LogP contribution in [0.3, 0.4) is 0 Å². The van der Waals surface area contributed by atoms with Crippen LogP contribution >= 0.6 is 0 Å². The zero-order valence-corrected chi connectivity index (χ0v) is 10.3. The van der Waals surface area contributed by atoms with Gasteiger partial charge >= 0.3 is 0 Å². The highest BCUT2D eigenvalue weighted by Gasteiger charge is 2.13. The lowest BCUT2D eigenvalue weighted by atomic mass is 10.1. The van der Waals surface area contributed by atoms with Crippen LogP contribution in [0.1, 0.15) is 12.5 Å². The summed E-state index contributed by atoms with van der Waals surface area (Å²) in [5.74, 6) is -2.39. The maximum atomic E-state index is 13.0. The number of likely N-dealkylation sites (N-methyl/N-ethyl adjacent to an activating group) is 1. The van der Waals surface area contributed by atoms with Gasteiger partial charge in [-0.1, -0.05) is 6.07 Å². The highest BCUT2D eigenvalue weighted by atomic mass is 19.2. The molecule has 0 heterocycles. The Hall–Kier alpha value is -1.96.